The van der Waals surface area contributed by atoms with Crippen LogP contribution in [0.5, 0.6) is 0 Å². The van der Waals surface area contributed by atoms with Gasteiger partial charge in [0.25, 0.3) is 3.79 Å². The van der Waals surface area contributed by atoms with Crippen LogP contribution in [-0.2, 0) is 25.2 Å². The zero-order chi connectivity index (χ0) is 15.6. The molecule has 0 fully saturated rings. The molecule has 0 aliphatic carbocycles. The summed E-state index contributed by atoms with van der Waals surface area (Å²) in [5.74, 6) is 0. The maximum Gasteiger partial charge on any atom is 0.440 e. The van der Waals surface area contributed by atoms with Crippen molar-refractivity contribution in [2.75, 3.05) is 0 Å². The first-order valence-electron chi connectivity index (χ1n) is 2.97. The van der Waals surface area contributed by atoms with Crippen LogP contribution in [0.2, 0.25) is 0 Å². The fourth-order valence-corrected chi connectivity index (χ4v) is 1.08. The summed E-state index contributed by atoms with van der Waals surface area (Å²) < 4.78 is 99.5. The molecule has 0 atom stereocenters. The van der Waals surface area contributed by atoms with Gasteiger partial charge < -0.3 is 0 Å². The Morgan fingerprint density at radius 3 is 1.11 bits per heavy atom. The minimum atomic E-state index is -6.09. The number of carbonyl (C=O) groups is 1. The summed E-state index contributed by atoms with van der Waals surface area (Å²) in [6.45, 7) is 0. The van der Waals surface area contributed by atoms with Crippen molar-refractivity contribution in [3.8, 4) is 0 Å². The molecule has 0 amide bonds. The van der Waals surface area contributed by atoms with Gasteiger partial charge in [-0.1, -0.05) is 7.77 Å². The van der Waals surface area contributed by atoms with Gasteiger partial charge in [-0.05, 0) is 0 Å². The van der Waals surface area contributed by atoms with Crippen molar-refractivity contribution in [2.24, 2.45) is 0 Å². The lowest BCUT2D eigenvalue weighted by molar-refractivity contribution is -0.122. The Hall–Kier alpha value is 0.610. The highest BCUT2D eigenvalue weighted by molar-refractivity contribution is 14.1. The largest absolute Gasteiger partial charge is 0.440 e. The van der Waals surface area contributed by atoms with Crippen molar-refractivity contribution in [3.63, 3.8) is 0 Å². The maximum atomic E-state index is 11.7. The molecule has 0 aliphatic rings. The van der Waals surface area contributed by atoms with E-state index in [0.717, 1.165) is 0 Å². The summed E-state index contributed by atoms with van der Waals surface area (Å²) in [4.78, 5) is 9.73. The third kappa shape index (κ3) is 6.68. The monoisotopic (exact) mass is 548 g/mol. The molecule has 15 heteroatoms. The van der Waals surface area contributed by atoms with Crippen LogP contribution in [-0.4, -0.2) is 29.1 Å². The third-order valence-electron chi connectivity index (χ3n) is 0.812. The van der Waals surface area contributed by atoms with Crippen LogP contribution in [0.3, 0.4) is 0 Å². The van der Waals surface area contributed by atoms with Gasteiger partial charge in [-0.15, -0.1) is 0 Å². The molecule has 0 radical (unpaired) electrons. The van der Waals surface area contributed by atoms with Gasteiger partial charge in [0.2, 0.25) is 0 Å². The second kappa shape index (κ2) is 6.37. The summed E-state index contributed by atoms with van der Waals surface area (Å²) >= 11 is 0.689. The Balaban J connectivity index is 0. The molecule has 0 aromatic rings. The fraction of sp³-hybridized carbons (Fsp3) is 0.667. The van der Waals surface area contributed by atoms with Crippen molar-refractivity contribution < 1.29 is 47.0 Å². The molecule has 0 aromatic heterocycles. The smallest absolute Gasteiger partial charge is 0.280 e. The Bertz CT molecular complexity index is 506. The van der Waals surface area contributed by atoms with Crippen LogP contribution in [0.25, 0.3) is 0 Å². The maximum absolute atomic E-state index is 11.7. The zero-order valence-electron chi connectivity index (χ0n) is 7.38. The van der Waals surface area contributed by atoms with E-state index >= 15 is 0 Å². The van der Waals surface area contributed by atoms with Crippen LogP contribution in [0.1, 0.15) is 0 Å². The quantitative estimate of drug-likeness (QED) is 0.234. The molecule has 18 heavy (non-hydrogen) atoms. The molecule has 0 rings (SSSR count). The van der Waals surface area contributed by atoms with Gasteiger partial charge in [-0.2, -0.15) is 34.4 Å². The molecule has 0 aliphatic heterocycles. The average molecular weight is 548 g/mol. The Morgan fingerprint density at radius 2 is 1.11 bits per heavy atom. The molecular formula is C3F6I2O5S2. The first-order chi connectivity index (χ1) is 7.44. The average Bonchev–Trinajstić information content (AvgIpc) is 1.98. The predicted molar refractivity (Wildman–Crippen MR) is 63.0 cm³/mol. The van der Waals surface area contributed by atoms with Gasteiger partial charge in [0.1, 0.15) is 0 Å². The van der Waals surface area contributed by atoms with Gasteiger partial charge in [0.05, 0.1) is 0 Å². The van der Waals surface area contributed by atoms with Crippen molar-refractivity contribution in [1.82, 2.24) is 0 Å². The summed E-state index contributed by atoms with van der Waals surface area (Å²) in [6, 6.07) is 0. The summed E-state index contributed by atoms with van der Waals surface area (Å²) in [7, 11) is -11.8. The predicted octanol–water partition coefficient (Wildman–Crippen LogP) is 2.11. The highest BCUT2D eigenvalue weighted by Crippen LogP contribution is 2.30. The second-order valence-electron chi connectivity index (χ2n) is 2.11. The van der Waals surface area contributed by atoms with Crippen LogP contribution in [0.15, 0.2) is 0 Å². The number of hydrogen-bond donors (Lipinski definition) is 0. The number of hydrogen-bond acceptors (Lipinski definition) is 5. The number of rotatable bonds is 3. The Morgan fingerprint density at radius 1 is 0.889 bits per heavy atom. The van der Waals surface area contributed by atoms with Crippen molar-refractivity contribution in [2.45, 2.75) is 8.52 Å². The molecule has 0 spiro atoms. The molecule has 0 bridgehead atoms. The van der Waals surface area contributed by atoms with E-state index in [1.165, 1.54) is 0 Å². The minimum Gasteiger partial charge on any atom is -0.280 e. The van der Waals surface area contributed by atoms with Gasteiger partial charge in [-0.3, -0.25) is 4.79 Å². The standard InChI is InChI=1S/C2F3IO3S.CF3IO2S/c3-2(4,1(6)7)10(5,8)9;2-1(3,5)8(4,6)7. The highest BCUT2D eigenvalue weighted by atomic mass is 127. The third-order valence-corrected chi connectivity index (χ3v) is 4.78. The van der Waals surface area contributed by atoms with Crippen molar-refractivity contribution in [3.05, 3.63) is 0 Å². The van der Waals surface area contributed by atoms with E-state index < -0.39 is 32.8 Å². The van der Waals surface area contributed by atoms with Gasteiger partial charge in [0.15, 0.2) is 0 Å². The van der Waals surface area contributed by atoms with E-state index in [1.54, 1.807) is 0 Å². The van der Waals surface area contributed by atoms with Crippen LogP contribution in [0, 0.1) is 0 Å². The molecule has 0 unspecified atom stereocenters. The molecule has 5 nitrogen and oxygen atoms in total. The number of alkyl halides is 5. The topological polar surface area (TPSA) is 85.3 Å². The number of halogens is 8. The lowest BCUT2D eigenvalue weighted by Gasteiger charge is -2.03. The highest BCUT2D eigenvalue weighted by Gasteiger charge is 2.52. The second-order valence-corrected chi connectivity index (χ2v) is 7.96. The minimum absolute atomic E-state index is 0.187. The van der Waals surface area contributed by atoms with Crippen molar-refractivity contribution >= 4 is 69.4 Å². The summed E-state index contributed by atoms with van der Waals surface area (Å²) in [5, 5.41) is -4.91. The van der Waals surface area contributed by atoms with Gasteiger partial charge in [-0.25, -0.2) is 0 Å². The normalized spacial score (nSPS) is 13.6. The summed E-state index contributed by atoms with van der Waals surface area (Å²) in [6.07, 6.45) is 0. The van der Waals surface area contributed by atoms with E-state index in [4.69, 9.17) is 0 Å². The lowest BCUT2D eigenvalue weighted by atomic mass is 10.8. The van der Waals surface area contributed by atoms with Crippen LogP contribution >= 0.6 is 45.2 Å². The first kappa shape index (κ1) is 20.9. The number of carbonyl (C=O) groups excluding carboxylic acids is 1. The molecule has 0 saturated heterocycles. The Kier molecular flexibility index (Phi) is 7.41. The summed E-state index contributed by atoms with van der Waals surface area (Å²) in [5.41, 5.74) is 0. The van der Waals surface area contributed by atoms with Crippen LogP contribution in [0.4, 0.5) is 25.3 Å². The molecule has 110 valence electrons. The molecule has 0 saturated carbocycles. The van der Waals surface area contributed by atoms with E-state index in [0.29, 0.717) is 22.6 Å². The molecule has 0 aromatic carbocycles. The first-order valence-corrected chi connectivity index (χ1v) is 7.90. The van der Waals surface area contributed by atoms with Gasteiger partial charge in [0, 0.05) is 45.2 Å². The van der Waals surface area contributed by atoms with E-state index in [9.17, 15) is 47.0 Å². The SMILES string of the molecule is O=C(I)C(F)(F)S(=O)(=O)F.O=S(=O)(F)C(F)(F)I. The fourth-order valence-electron chi connectivity index (χ4n) is 0.0958. The molecule has 0 N–H and O–H groups in total. The van der Waals surface area contributed by atoms with E-state index in [2.05, 4.69) is 0 Å². The molecule has 0 heterocycles. The van der Waals surface area contributed by atoms with E-state index in [1.807, 2.05) is 0 Å². The van der Waals surface area contributed by atoms with Crippen LogP contribution < -0.4 is 0 Å². The zero-order valence-corrected chi connectivity index (χ0v) is 13.3. The van der Waals surface area contributed by atoms with Gasteiger partial charge >= 0.3 is 29.0 Å². The van der Waals surface area contributed by atoms with Crippen molar-refractivity contribution in [1.29, 1.82) is 0 Å². The Labute approximate surface area is 124 Å². The van der Waals surface area contributed by atoms with E-state index in [-0.39, 0.29) is 22.6 Å². The lowest BCUT2D eigenvalue weighted by Crippen LogP contribution is -2.31. The molecular weight excluding hydrogens is 548 g/mol.